The number of pyridine rings is 1. The molecule has 3 aromatic rings. The van der Waals surface area contributed by atoms with E-state index < -0.39 is 0 Å². The molecule has 3 heterocycles. The number of nitrogens with zero attached hydrogens (tertiary/aromatic N) is 4. The van der Waals surface area contributed by atoms with Gasteiger partial charge in [0.05, 0.1) is 6.54 Å². The number of nitrogens with two attached hydrogens (primary N) is 1. The lowest BCUT2D eigenvalue weighted by molar-refractivity contribution is 0.561. The molecule has 5 heteroatoms. The number of hydrogen-bond acceptors (Lipinski definition) is 4. The molecule has 4 rings (SSSR count). The minimum atomic E-state index is 0.773. The van der Waals surface area contributed by atoms with Gasteiger partial charge in [-0.05, 0) is 18.2 Å². The first kappa shape index (κ1) is 11.3. The zero-order valence-electron chi connectivity index (χ0n) is 11.0. The highest BCUT2D eigenvalue weighted by Crippen LogP contribution is 2.31. The Morgan fingerprint density at radius 3 is 2.95 bits per heavy atom. The van der Waals surface area contributed by atoms with Crippen molar-refractivity contribution in [2.24, 2.45) is 0 Å². The lowest BCUT2D eigenvalue weighted by Crippen LogP contribution is -2.33. The van der Waals surface area contributed by atoms with E-state index >= 15 is 0 Å². The number of imidazole rings is 1. The number of aromatic nitrogens is 3. The van der Waals surface area contributed by atoms with Crippen molar-refractivity contribution < 1.29 is 0 Å². The number of fused-ring (bicyclic) bond motifs is 2. The Hall–Kier alpha value is -2.56. The number of hydrogen-bond donors (Lipinski definition) is 1. The zero-order valence-corrected chi connectivity index (χ0v) is 11.0. The molecule has 1 aromatic carbocycles. The molecule has 0 aliphatic carbocycles. The van der Waals surface area contributed by atoms with Crippen molar-refractivity contribution in [1.29, 1.82) is 0 Å². The predicted octanol–water partition coefficient (Wildman–Crippen LogP) is 2.03. The van der Waals surface area contributed by atoms with Crippen molar-refractivity contribution in [3.63, 3.8) is 0 Å². The Bertz CT molecular complexity index is 777. The van der Waals surface area contributed by atoms with Crippen LogP contribution in [0.15, 0.2) is 43.0 Å². The van der Waals surface area contributed by atoms with Crippen LogP contribution in [0.5, 0.6) is 0 Å². The molecule has 2 N–H and O–H groups in total. The van der Waals surface area contributed by atoms with Crippen molar-refractivity contribution in [2.45, 2.75) is 13.1 Å². The molecule has 0 radical (unpaired) electrons. The van der Waals surface area contributed by atoms with Gasteiger partial charge in [0.2, 0.25) is 0 Å². The summed E-state index contributed by atoms with van der Waals surface area (Å²) in [5.74, 6) is 1.11. The van der Waals surface area contributed by atoms with Crippen LogP contribution in [0.25, 0.3) is 10.8 Å². The Morgan fingerprint density at radius 1 is 1.05 bits per heavy atom. The topological polar surface area (TPSA) is 60.0 Å². The van der Waals surface area contributed by atoms with Crippen molar-refractivity contribution in [2.75, 3.05) is 17.2 Å². The summed E-state index contributed by atoms with van der Waals surface area (Å²) >= 11 is 0. The SMILES string of the molecule is Nc1ccc(N2CCn3ccnc3C2)c2ccncc12. The van der Waals surface area contributed by atoms with Gasteiger partial charge < -0.3 is 15.2 Å². The van der Waals surface area contributed by atoms with E-state index in [0.717, 1.165) is 41.9 Å². The first-order valence-electron chi connectivity index (χ1n) is 6.70. The Kier molecular flexibility index (Phi) is 2.39. The quantitative estimate of drug-likeness (QED) is 0.684. The molecule has 0 bridgehead atoms. The first-order chi connectivity index (χ1) is 9.83. The van der Waals surface area contributed by atoms with E-state index in [1.54, 1.807) is 0 Å². The van der Waals surface area contributed by atoms with Gasteiger partial charge in [-0.15, -0.1) is 0 Å². The maximum Gasteiger partial charge on any atom is 0.128 e. The summed E-state index contributed by atoms with van der Waals surface area (Å²) in [7, 11) is 0. The molecule has 1 aliphatic rings. The second-order valence-electron chi connectivity index (χ2n) is 5.05. The van der Waals surface area contributed by atoms with E-state index in [0.29, 0.717) is 0 Å². The van der Waals surface area contributed by atoms with Gasteiger partial charge in [0.25, 0.3) is 0 Å². The fraction of sp³-hybridized carbons (Fsp3) is 0.200. The lowest BCUT2D eigenvalue weighted by Gasteiger charge is -2.30. The van der Waals surface area contributed by atoms with Crippen LogP contribution in [0.1, 0.15) is 5.82 Å². The van der Waals surface area contributed by atoms with Gasteiger partial charge in [-0.25, -0.2) is 4.98 Å². The zero-order chi connectivity index (χ0) is 13.5. The van der Waals surface area contributed by atoms with Gasteiger partial charge in [0.15, 0.2) is 0 Å². The fourth-order valence-electron chi connectivity index (χ4n) is 2.85. The van der Waals surface area contributed by atoms with Gasteiger partial charge in [0, 0.05) is 60.0 Å². The van der Waals surface area contributed by atoms with Gasteiger partial charge in [-0.2, -0.15) is 0 Å². The molecule has 0 atom stereocenters. The number of benzene rings is 1. The number of anilines is 2. The molecule has 0 saturated heterocycles. The molecule has 0 unspecified atom stereocenters. The molecular weight excluding hydrogens is 250 g/mol. The smallest absolute Gasteiger partial charge is 0.128 e. The highest BCUT2D eigenvalue weighted by Gasteiger charge is 2.18. The average Bonchev–Trinajstić information content (AvgIpc) is 2.95. The summed E-state index contributed by atoms with van der Waals surface area (Å²) in [6.07, 6.45) is 7.55. The average molecular weight is 265 g/mol. The molecule has 0 saturated carbocycles. The van der Waals surface area contributed by atoms with E-state index in [9.17, 15) is 0 Å². The van der Waals surface area contributed by atoms with Crippen LogP contribution in [-0.2, 0) is 13.1 Å². The molecule has 100 valence electrons. The van der Waals surface area contributed by atoms with Crippen LogP contribution in [0.4, 0.5) is 11.4 Å². The van der Waals surface area contributed by atoms with Crippen LogP contribution in [0, 0.1) is 0 Å². The highest BCUT2D eigenvalue weighted by atomic mass is 15.2. The second-order valence-corrected chi connectivity index (χ2v) is 5.05. The summed E-state index contributed by atoms with van der Waals surface area (Å²) in [5.41, 5.74) is 8.01. The van der Waals surface area contributed by atoms with E-state index in [4.69, 9.17) is 5.73 Å². The normalized spacial score (nSPS) is 14.5. The molecular formula is C15H15N5. The molecule has 5 nitrogen and oxygen atoms in total. The van der Waals surface area contributed by atoms with E-state index in [1.165, 1.54) is 5.69 Å². The maximum absolute atomic E-state index is 6.04. The number of rotatable bonds is 1. The third-order valence-electron chi connectivity index (χ3n) is 3.91. The first-order valence-corrected chi connectivity index (χ1v) is 6.70. The van der Waals surface area contributed by atoms with Crippen LogP contribution in [0.2, 0.25) is 0 Å². The Morgan fingerprint density at radius 2 is 2.00 bits per heavy atom. The molecule has 1 aliphatic heterocycles. The lowest BCUT2D eigenvalue weighted by atomic mass is 10.1. The Labute approximate surface area is 116 Å². The predicted molar refractivity (Wildman–Crippen MR) is 79.4 cm³/mol. The van der Waals surface area contributed by atoms with Crippen molar-refractivity contribution in [3.05, 3.63) is 48.8 Å². The highest BCUT2D eigenvalue weighted by molar-refractivity contribution is 6.00. The number of nitrogen functional groups attached to an aromatic ring is 1. The largest absolute Gasteiger partial charge is 0.398 e. The van der Waals surface area contributed by atoms with E-state index in [2.05, 4.69) is 25.5 Å². The van der Waals surface area contributed by atoms with Crippen molar-refractivity contribution in [1.82, 2.24) is 14.5 Å². The van der Waals surface area contributed by atoms with Crippen molar-refractivity contribution in [3.8, 4) is 0 Å². The van der Waals surface area contributed by atoms with E-state index in [1.807, 2.05) is 36.9 Å². The van der Waals surface area contributed by atoms with Gasteiger partial charge in [-0.3, -0.25) is 4.98 Å². The summed E-state index contributed by atoms with van der Waals surface area (Å²) in [5, 5.41) is 2.17. The van der Waals surface area contributed by atoms with E-state index in [-0.39, 0.29) is 0 Å². The summed E-state index contributed by atoms with van der Waals surface area (Å²) in [6.45, 7) is 2.77. The Balaban J connectivity index is 1.82. The van der Waals surface area contributed by atoms with Gasteiger partial charge in [0.1, 0.15) is 5.82 Å². The van der Waals surface area contributed by atoms with Crippen LogP contribution in [0.3, 0.4) is 0 Å². The molecule has 0 fully saturated rings. The summed E-state index contributed by atoms with van der Waals surface area (Å²) in [6, 6.07) is 6.08. The maximum atomic E-state index is 6.04. The molecule has 2 aromatic heterocycles. The van der Waals surface area contributed by atoms with Crippen LogP contribution in [-0.4, -0.2) is 21.1 Å². The van der Waals surface area contributed by atoms with Crippen molar-refractivity contribution >= 4 is 22.1 Å². The summed E-state index contributed by atoms with van der Waals surface area (Å²) in [4.78, 5) is 10.9. The van der Waals surface area contributed by atoms with Crippen LogP contribution < -0.4 is 10.6 Å². The van der Waals surface area contributed by atoms with Gasteiger partial charge >= 0.3 is 0 Å². The minimum Gasteiger partial charge on any atom is -0.398 e. The minimum absolute atomic E-state index is 0.773. The second kappa shape index (κ2) is 4.23. The fourth-order valence-corrected chi connectivity index (χ4v) is 2.85. The molecule has 0 spiro atoms. The third kappa shape index (κ3) is 1.63. The third-order valence-corrected chi connectivity index (χ3v) is 3.91. The standard InChI is InChI=1S/C15H15N5/c16-13-1-2-14(11-3-4-17-9-12(11)13)20-8-7-19-6-5-18-15(19)10-20/h1-6,9H,7-8,10,16H2. The molecule has 0 amide bonds. The molecule has 20 heavy (non-hydrogen) atoms. The monoisotopic (exact) mass is 265 g/mol. The van der Waals surface area contributed by atoms with Crippen LogP contribution >= 0.6 is 0 Å². The van der Waals surface area contributed by atoms with Gasteiger partial charge in [-0.1, -0.05) is 0 Å². The summed E-state index contributed by atoms with van der Waals surface area (Å²) < 4.78 is 2.21.